The van der Waals surface area contributed by atoms with E-state index in [-0.39, 0.29) is 34.6 Å². The van der Waals surface area contributed by atoms with Crippen LogP contribution < -0.4 is 10.5 Å². The van der Waals surface area contributed by atoms with Gasteiger partial charge in [0.1, 0.15) is 29.5 Å². The number of phenols is 2. The summed E-state index contributed by atoms with van der Waals surface area (Å²) in [6.45, 7) is 0.528. The number of benzene rings is 2. The maximum absolute atomic E-state index is 13.6. The van der Waals surface area contributed by atoms with Crippen LogP contribution in [0, 0.1) is 0 Å². The molecule has 2 aromatic rings. The molecule has 1 saturated heterocycles. The van der Waals surface area contributed by atoms with E-state index in [4.69, 9.17) is 19.9 Å². The Kier molecular flexibility index (Phi) is 6.74. The number of ether oxygens (including phenoxy) is 3. The number of nitrogens with two attached hydrogens (primary N) is 1. The average Bonchev–Trinajstić information content (AvgIpc) is 2.92. The zero-order valence-corrected chi connectivity index (χ0v) is 21.2. The minimum atomic E-state index is -2.25. The second-order valence-corrected chi connectivity index (χ2v) is 10.1. The molecule has 7 N–H and O–H groups in total. The predicted octanol–water partition coefficient (Wildman–Crippen LogP) is -0.346. The smallest absolute Gasteiger partial charge is 0.202 e. The number of aliphatic hydroxyl groups is 3. The molecule has 0 bridgehead atoms. The molecule has 0 radical (unpaired) electrons. The third-order valence-corrected chi connectivity index (χ3v) is 7.91. The molecule has 0 aromatic heterocycles. The van der Waals surface area contributed by atoms with Gasteiger partial charge in [0.15, 0.2) is 11.6 Å². The molecular formula is C27H29NO11. The number of carbonyl (C=O) groups is 3. The summed E-state index contributed by atoms with van der Waals surface area (Å²) in [5.74, 6) is -3.81. The Balaban J connectivity index is 1.70. The monoisotopic (exact) mass is 543 g/mol. The van der Waals surface area contributed by atoms with Gasteiger partial charge in [-0.05, 0) is 13.0 Å². The molecule has 12 heteroatoms. The highest BCUT2D eigenvalue weighted by molar-refractivity contribution is 6.31. The van der Waals surface area contributed by atoms with Gasteiger partial charge in [-0.15, -0.1) is 0 Å². The van der Waals surface area contributed by atoms with Gasteiger partial charge in [-0.1, -0.05) is 12.1 Å². The molecule has 208 valence electrons. The zero-order valence-electron chi connectivity index (χ0n) is 21.2. The highest BCUT2D eigenvalue weighted by Gasteiger charge is 2.50. The second kappa shape index (κ2) is 9.66. The van der Waals surface area contributed by atoms with Crippen molar-refractivity contribution in [3.05, 3.63) is 51.6 Å². The maximum Gasteiger partial charge on any atom is 0.202 e. The van der Waals surface area contributed by atoms with Gasteiger partial charge in [0.25, 0.3) is 0 Å². The molecule has 0 saturated carbocycles. The van der Waals surface area contributed by atoms with Crippen LogP contribution in [0.15, 0.2) is 18.2 Å². The standard InChI is InChI=1S/C27H29NO11/c1-10-22(31)21(28)15(9-38-10)39-14-7-27(36,16(30)8-29)6-12-18(14)26(35)20-19(24(12)33)23(32)11-4-3-5-13(37-2)17(11)25(20)34/h3-5,10,14-15,21-22,29,31,33,35-36H,6-9,28H2,1-2H3/t10-,14-,15?,21-,22-,27-/m0/s1. The number of phenolic OH excluding ortho intramolecular Hbond substituents is 2. The van der Waals surface area contributed by atoms with Crippen molar-refractivity contribution in [3.8, 4) is 17.2 Å². The van der Waals surface area contributed by atoms with Crippen molar-refractivity contribution in [3.63, 3.8) is 0 Å². The van der Waals surface area contributed by atoms with Crippen molar-refractivity contribution in [1.29, 1.82) is 0 Å². The molecule has 5 rings (SSSR count). The van der Waals surface area contributed by atoms with Gasteiger partial charge in [-0.3, -0.25) is 14.4 Å². The summed E-state index contributed by atoms with van der Waals surface area (Å²) >= 11 is 0. The first-order chi connectivity index (χ1) is 18.4. The summed E-state index contributed by atoms with van der Waals surface area (Å²) in [5.41, 5.74) is 2.48. The third kappa shape index (κ3) is 4.03. The summed E-state index contributed by atoms with van der Waals surface area (Å²) in [7, 11) is 1.32. The van der Waals surface area contributed by atoms with Crippen LogP contribution in [0.3, 0.4) is 0 Å². The topological polar surface area (TPSA) is 206 Å². The Morgan fingerprint density at radius 3 is 2.51 bits per heavy atom. The summed E-state index contributed by atoms with van der Waals surface area (Å²) < 4.78 is 16.9. The average molecular weight is 544 g/mol. The number of Topliss-reactive ketones (excluding diaryl/α,β-unsaturated/α-hetero) is 1. The van der Waals surface area contributed by atoms with E-state index in [1.54, 1.807) is 6.92 Å². The van der Waals surface area contributed by atoms with E-state index in [0.29, 0.717) is 0 Å². The lowest BCUT2D eigenvalue weighted by Crippen LogP contribution is -2.58. The molecule has 1 heterocycles. The van der Waals surface area contributed by atoms with Gasteiger partial charge in [0.2, 0.25) is 5.78 Å². The molecule has 39 heavy (non-hydrogen) atoms. The Bertz CT molecular complexity index is 1390. The highest BCUT2D eigenvalue weighted by Crippen LogP contribution is 2.52. The number of ketones is 3. The first kappa shape index (κ1) is 27.2. The molecule has 1 aliphatic heterocycles. The number of rotatable bonds is 5. The Morgan fingerprint density at radius 1 is 1.15 bits per heavy atom. The molecule has 1 fully saturated rings. The fourth-order valence-electron chi connectivity index (χ4n) is 5.72. The fourth-order valence-corrected chi connectivity index (χ4v) is 5.72. The summed E-state index contributed by atoms with van der Waals surface area (Å²) in [5, 5.41) is 54.0. The van der Waals surface area contributed by atoms with E-state index in [2.05, 4.69) is 0 Å². The van der Waals surface area contributed by atoms with E-state index >= 15 is 0 Å². The van der Waals surface area contributed by atoms with E-state index < -0.39 is 95.5 Å². The minimum absolute atomic E-state index is 0.0553. The Hall–Kier alpha value is -3.39. The van der Waals surface area contributed by atoms with Crippen molar-refractivity contribution in [2.75, 3.05) is 20.3 Å². The lowest BCUT2D eigenvalue weighted by atomic mass is 9.71. The third-order valence-electron chi connectivity index (χ3n) is 7.91. The van der Waals surface area contributed by atoms with Crippen molar-refractivity contribution >= 4 is 17.3 Å². The van der Waals surface area contributed by atoms with Crippen LogP contribution in [0.25, 0.3) is 0 Å². The lowest BCUT2D eigenvalue weighted by molar-refractivity contribution is -0.176. The quantitative estimate of drug-likeness (QED) is 0.229. The number of fused-ring (bicyclic) bond motifs is 3. The fraction of sp³-hybridized carbons (Fsp3) is 0.444. The number of hydrogen-bond acceptors (Lipinski definition) is 12. The summed E-state index contributed by atoms with van der Waals surface area (Å²) in [6.07, 6.45) is -5.09. The zero-order chi connectivity index (χ0) is 28.4. The van der Waals surface area contributed by atoms with Crippen molar-refractivity contribution < 1.29 is 54.1 Å². The summed E-state index contributed by atoms with van der Waals surface area (Å²) in [4.78, 5) is 39.8. The van der Waals surface area contributed by atoms with E-state index in [1.165, 1.54) is 25.3 Å². The van der Waals surface area contributed by atoms with Gasteiger partial charge in [0.05, 0.1) is 60.9 Å². The number of methoxy groups -OCH3 is 1. The Labute approximate surface area is 222 Å². The maximum atomic E-state index is 13.6. The van der Waals surface area contributed by atoms with Crippen LogP contribution in [0.2, 0.25) is 0 Å². The van der Waals surface area contributed by atoms with Gasteiger partial charge < -0.3 is 45.5 Å². The van der Waals surface area contributed by atoms with Crippen molar-refractivity contribution in [2.24, 2.45) is 5.73 Å². The molecule has 12 nitrogen and oxygen atoms in total. The highest BCUT2D eigenvalue weighted by atomic mass is 16.6. The molecule has 2 aliphatic carbocycles. The lowest BCUT2D eigenvalue weighted by Gasteiger charge is -2.43. The van der Waals surface area contributed by atoms with Crippen molar-refractivity contribution in [2.45, 2.75) is 55.8 Å². The normalized spacial score (nSPS) is 29.8. The van der Waals surface area contributed by atoms with Crippen LogP contribution in [-0.2, 0) is 20.7 Å². The molecule has 0 spiro atoms. The van der Waals surface area contributed by atoms with E-state index in [1.807, 2.05) is 0 Å². The van der Waals surface area contributed by atoms with Gasteiger partial charge in [-0.25, -0.2) is 0 Å². The molecule has 0 amide bonds. The van der Waals surface area contributed by atoms with Crippen LogP contribution in [-0.4, -0.2) is 93.2 Å². The minimum Gasteiger partial charge on any atom is -0.507 e. The largest absolute Gasteiger partial charge is 0.507 e. The summed E-state index contributed by atoms with van der Waals surface area (Å²) in [6, 6.07) is 3.41. The predicted molar refractivity (Wildman–Crippen MR) is 132 cm³/mol. The van der Waals surface area contributed by atoms with Crippen LogP contribution in [0.5, 0.6) is 17.2 Å². The molecular weight excluding hydrogens is 514 g/mol. The second-order valence-electron chi connectivity index (χ2n) is 10.1. The number of aromatic hydroxyl groups is 2. The van der Waals surface area contributed by atoms with Crippen LogP contribution >= 0.6 is 0 Å². The van der Waals surface area contributed by atoms with Gasteiger partial charge in [0, 0.05) is 29.5 Å². The molecule has 3 aliphatic rings. The number of hydrogen-bond donors (Lipinski definition) is 6. The van der Waals surface area contributed by atoms with E-state index in [9.17, 15) is 39.9 Å². The first-order valence-corrected chi connectivity index (χ1v) is 12.4. The molecule has 2 aromatic carbocycles. The van der Waals surface area contributed by atoms with Gasteiger partial charge >= 0.3 is 0 Å². The molecule has 1 unspecified atom stereocenters. The van der Waals surface area contributed by atoms with E-state index in [0.717, 1.165) is 0 Å². The molecule has 6 atom stereocenters. The van der Waals surface area contributed by atoms with Crippen molar-refractivity contribution in [1.82, 2.24) is 0 Å². The Morgan fingerprint density at radius 2 is 1.85 bits per heavy atom. The SMILES string of the molecule is COc1cccc2c1C(=O)c1c(O)c3c(c(O)c1C2=O)C[C@@](O)(C(=O)CO)C[C@@H]3OC1CO[C@@H](C)[C@H](O)[C@H]1N. The van der Waals surface area contributed by atoms with Crippen LogP contribution in [0.1, 0.15) is 62.4 Å². The number of aliphatic hydroxyl groups excluding tert-OH is 2. The number of carbonyl (C=O) groups excluding carboxylic acids is 3. The van der Waals surface area contributed by atoms with Crippen LogP contribution in [0.4, 0.5) is 0 Å². The first-order valence-electron chi connectivity index (χ1n) is 12.4. The van der Waals surface area contributed by atoms with Gasteiger partial charge in [-0.2, -0.15) is 0 Å².